The summed E-state index contributed by atoms with van der Waals surface area (Å²) in [6.45, 7) is 5.76. The molecule has 132 valence electrons. The molecule has 0 saturated heterocycles. The van der Waals surface area contributed by atoms with Crippen LogP contribution in [-0.2, 0) is 9.53 Å². The number of nitrogens with zero attached hydrogens (tertiary/aromatic N) is 3. The van der Waals surface area contributed by atoms with Crippen molar-refractivity contribution < 1.29 is 9.53 Å². The summed E-state index contributed by atoms with van der Waals surface area (Å²) in [5, 5.41) is 0. The quantitative estimate of drug-likeness (QED) is 0.434. The van der Waals surface area contributed by atoms with E-state index in [0.717, 1.165) is 27.4 Å². The first-order valence-electron chi connectivity index (χ1n) is 8.29. The molecule has 1 unspecified atom stereocenters. The van der Waals surface area contributed by atoms with Crippen molar-refractivity contribution in [1.29, 1.82) is 0 Å². The number of para-hydroxylation sites is 2. The molecule has 3 heterocycles. The number of imidazole rings is 2. The maximum atomic E-state index is 12.2. The van der Waals surface area contributed by atoms with Gasteiger partial charge in [-0.15, -0.1) is 11.3 Å². The normalized spacial score (nSPS) is 13.0. The first kappa shape index (κ1) is 16.5. The Morgan fingerprint density at radius 1 is 1.31 bits per heavy atom. The number of aromatic nitrogens is 4. The number of aryl methyl sites for hydroxylation is 2. The molecular formula is C19H18N4O2S. The number of hydrogen-bond acceptors (Lipinski definition) is 5. The summed E-state index contributed by atoms with van der Waals surface area (Å²) in [6, 6.07) is 7.72. The Bertz CT molecular complexity index is 1100. The summed E-state index contributed by atoms with van der Waals surface area (Å²) in [6.07, 6.45) is 4.73. The van der Waals surface area contributed by atoms with Crippen LogP contribution in [-0.4, -0.2) is 25.3 Å². The van der Waals surface area contributed by atoms with Crippen LogP contribution in [0.5, 0.6) is 0 Å². The van der Waals surface area contributed by atoms with Crippen molar-refractivity contribution in [3.8, 4) is 0 Å². The number of H-pyrrole nitrogens is 1. The minimum absolute atomic E-state index is 0.417. The zero-order chi connectivity index (χ0) is 18.3. The number of esters is 1. The molecule has 1 aromatic carbocycles. The first-order chi connectivity index (χ1) is 12.5. The third-order valence-corrected chi connectivity index (χ3v) is 5.02. The van der Waals surface area contributed by atoms with Crippen molar-refractivity contribution in [2.75, 3.05) is 0 Å². The lowest BCUT2D eigenvalue weighted by atomic mass is 10.3. The summed E-state index contributed by atoms with van der Waals surface area (Å²) < 4.78 is 7.46. The lowest BCUT2D eigenvalue weighted by Gasteiger charge is -2.08. The fourth-order valence-corrected chi connectivity index (χ4v) is 3.74. The highest BCUT2D eigenvalue weighted by atomic mass is 32.1. The molecule has 1 atom stereocenters. The van der Waals surface area contributed by atoms with Crippen molar-refractivity contribution in [2.45, 2.75) is 26.9 Å². The summed E-state index contributed by atoms with van der Waals surface area (Å²) in [5.41, 5.74) is 3.54. The average Bonchev–Trinajstić information content (AvgIpc) is 3.25. The minimum atomic E-state index is -0.463. The molecule has 0 amide bonds. The van der Waals surface area contributed by atoms with Crippen molar-refractivity contribution in [3.05, 3.63) is 58.6 Å². The van der Waals surface area contributed by atoms with Gasteiger partial charge in [-0.05, 0) is 39.0 Å². The van der Waals surface area contributed by atoms with E-state index in [2.05, 4.69) is 15.0 Å². The van der Waals surface area contributed by atoms with Gasteiger partial charge in [-0.1, -0.05) is 12.1 Å². The van der Waals surface area contributed by atoms with Crippen molar-refractivity contribution in [2.24, 2.45) is 0 Å². The number of carbonyl (C=O) groups excluding carboxylic acids is 1. The van der Waals surface area contributed by atoms with E-state index < -0.39 is 12.1 Å². The van der Waals surface area contributed by atoms with E-state index in [-0.39, 0.29) is 0 Å². The van der Waals surface area contributed by atoms with Gasteiger partial charge in [0.1, 0.15) is 5.82 Å². The molecule has 0 bridgehead atoms. The van der Waals surface area contributed by atoms with E-state index >= 15 is 0 Å². The number of ether oxygens (including phenoxy) is 1. The van der Waals surface area contributed by atoms with Gasteiger partial charge in [0, 0.05) is 17.2 Å². The van der Waals surface area contributed by atoms with Crippen LogP contribution in [0.25, 0.3) is 22.1 Å². The third kappa shape index (κ3) is 3.01. The average molecular weight is 366 g/mol. The van der Waals surface area contributed by atoms with Gasteiger partial charge in [-0.3, -0.25) is 4.40 Å². The third-order valence-electron chi connectivity index (χ3n) is 4.13. The van der Waals surface area contributed by atoms with Crippen LogP contribution in [0.3, 0.4) is 0 Å². The van der Waals surface area contributed by atoms with Gasteiger partial charge in [-0.25, -0.2) is 14.8 Å². The van der Waals surface area contributed by atoms with Crippen LogP contribution in [0.1, 0.15) is 35.1 Å². The largest absolute Gasteiger partial charge is 0.451 e. The molecule has 26 heavy (non-hydrogen) atoms. The second-order valence-electron chi connectivity index (χ2n) is 6.13. The summed E-state index contributed by atoms with van der Waals surface area (Å²) in [7, 11) is 0. The van der Waals surface area contributed by atoms with Crippen LogP contribution in [0, 0.1) is 13.8 Å². The molecule has 1 N–H and O–H groups in total. The Morgan fingerprint density at radius 2 is 2.12 bits per heavy atom. The number of rotatable bonds is 4. The van der Waals surface area contributed by atoms with Crippen molar-refractivity contribution in [1.82, 2.24) is 19.4 Å². The number of benzene rings is 1. The van der Waals surface area contributed by atoms with Crippen molar-refractivity contribution in [3.63, 3.8) is 0 Å². The van der Waals surface area contributed by atoms with Gasteiger partial charge in [0.2, 0.25) is 0 Å². The van der Waals surface area contributed by atoms with E-state index in [1.807, 2.05) is 48.7 Å². The molecule has 6 nitrogen and oxygen atoms in total. The van der Waals surface area contributed by atoms with E-state index in [0.29, 0.717) is 5.82 Å². The molecule has 0 radical (unpaired) electrons. The van der Waals surface area contributed by atoms with Crippen LogP contribution in [0.15, 0.2) is 36.5 Å². The maximum Gasteiger partial charge on any atom is 0.331 e. The monoisotopic (exact) mass is 366 g/mol. The van der Waals surface area contributed by atoms with E-state index in [9.17, 15) is 4.79 Å². The lowest BCUT2D eigenvalue weighted by molar-refractivity contribution is -0.142. The summed E-state index contributed by atoms with van der Waals surface area (Å²) in [4.78, 5) is 26.5. The maximum absolute atomic E-state index is 12.2. The van der Waals surface area contributed by atoms with Gasteiger partial charge < -0.3 is 9.72 Å². The zero-order valence-electron chi connectivity index (χ0n) is 14.7. The molecule has 0 saturated carbocycles. The predicted molar refractivity (Wildman–Crippen MR) is 102 cm³/mol. The molecule has 4 aromatic rings. The second kappa shape index (κ2) is 6.42. The van der Waals surface area contributed by atoms with Gasteiger partial charge in [0.15, 0.2) is 11.1 Å². The molecule has 0 fully saturated rings. The fourth-order valence-electron chi connectivity index (χ4n) is 2.86. The zero-order valence-corrected chi connectivity index (χ0v) is 15.5. The second-order valence-corrected chi connectivity index (χ2v) is 7.34. The van der Waals surface area contributed by atoms with Crippen LogP contribution < -0.4 is 0 Å². The highest BCUT2D eigenvalue weighted by Gasteiger charge is 2.15. The SMILES string of the molecule is Cc1cn2c(/C=C/C(=O)OC(C)c3nc4ccccc4[nH]3)c(C)nc2s1. The van der Waals surface area contributed by atoms with E-state index in [4.69, 9.17) is 4.74 Å². The van der Waals surface area contributed by atoms with E-state index in [1.165, 1.54) is 11.0 Å². The van der Waals surface area contributed by atoms with Gasteiger partial charge in [0.05, 0.1) is 22.4 Å². The number of nitrogens with one attached hydrogen (secondary N) is 1. The van der Waals surface area contributed by atoms with Crippen LogP contribution in [0.4, 0.5) is 0 Å². The minimum Gasteiger partial charge on any atom is -0.451 e. The highest BCUT2D eigenvalue weighted by Crippen LogP contribution is 2.22. The fraction of sp³-hybridized carbons (Fsp3) is 0.211. The van der Waals surface area contributed by atoms with Gasteiger partial charge >= 0.3 is 5.97 Å². The van der Waals surface area contributed by atoms with E-state index in [1.54, 1.807) is 24.3 Å². The summed E-state index contributed by atoms with van der Waals surface area (Å²) >= 11 is 1.62. The molecule has 0 spiro atoms. The summed E-state index contributed by atoms with van der Waals surface area (Å²) in [5.74, 6) is 0.212. The predicted octanol–water partition coefficient (Wildman–Crippen LogP) is 4.21. The topological polar surface area (TPSA) is 72.3 Å². The number of fused-ring (bicyclic) bond motifs is 2. The molecule has 7 heteroatoms. The Kier molecular flexibility index (Phi) is 4.08. The standard InChI is InChI=1S/C19H18N4O2S/c1-11-10-23-16(12(2)20-19(23)26-11)8-9-17(24)25-13(3)18-21-14-6-4-5-7-15(14)22-18/h4-10,13H,1-3H3,(H,21,22)/b9-8+. The number of carbonyl (C=O) groups is 1. The number of aromatic amines is 1. The molecule has 0 aliphatic rings. The Labute approximate surface area is 154 Å². The Hall–Kier alpha value is -2.93. The molecule has 0 aliphatic heterocycles. The van der Waals surface area contributed by atoms with Gasteiger partial charge in [0.25, 0.3) is 0 Å². The Morgan fingerprint density at radius 3 is 2.92 bits per heavy atom. The van der Waals surface area contributed by atoms with Gasteiger partial charge in [-0.2, -0.15) is 0 Å². The smallest absolute Gasteiger partial charge is 0.331 e. The molecule has 4 rings (SSSR count). The number of thiazole rings is 1. The van der Waals surface area contributed by atoms with Crippen LogP contribution >= 0.6 is 11.3 Å². The number of hydrogen-bond donors (Lipinski definition) is 1. The van der Waals surface area contributed by atoms with Crippen LogP contribution in [0.2, 0.25) is 0 Å². The Balaban J connectivity index is 1.50. The molecule has 0 aliphatic carbocycles. The van der Waals surface area contributed by atoms with Crippen molar-refractivity contribution >= 4 is 39.4 Å². The molecule has 3 aromatic heterocycles. The lowest BCUT2D eigenvalue weighted by Crippen LogP contribution is -2.07. The first-order valence-corrected chi connectivity index (χ1v) is 9.11. The highest BCUT2D eigenvalue weighted by molar-refractivity contribution is 7.17. The molecular weight excluding hydrogens is 348 g/mol.